The molecule has 0 saturated carbocycles. The van der Waals surface area contributed by atoms with Crippen LogP contribution in [0.3, 0.4) is 0 Å². The van der Waals surface area contributed by atoms with E-state index in [0.29, 0.717) is 10.8 Å². The lowest BCUT2D eigenvalue weighted by atomic mass is 10.2. The lowest BCUT2D eigenvalue weighted by molar-refractivity contribution is 0.466. The molecule has 0 atom stereocenters. The van der Waals surface area contributed by atoms with Crippen LogP contribution in [-0.4, -0.2) is 6.21 Å². The van der Waals surface area contributed by atoms with Gasteiger partial charge >= 0.3 is 0 Å². The third-order valence-electron chi connectivity index (χ3n) is 3.41. The molecule has 3 aromatic rings. The molecule has 122 valence electrons. The van der Waals surface area contributed by atoms with Crippen LogP contribution < -0.4 is 0 Å². The topological polar surface area (TPSA) is 25.5 Å². The molecular weight excluding hydrogens is 406 g/mol. The van der Waals surface area contributed by atoms with Crippen LogP contribution in [0, 0.1) is 13.8 Å². The first-order chi connectivity index (χ1) is 11.5. The Morgan fingerprint density at radius 2 is 1.83 bits per heavy atom. The molecule has 0 spiro atoms. The Morgan fingerprint density at radius 1 is 1.08 bits per heavy atom. The Balaban J connectivity index is 1.79. The Hall–Kier alpha value is -1.49. The number of rotatable bonds is 4. The molecule has 24 heavy (non-hydrogen) atoms. The fourth-order valence-corrected chi connectivity index (χ4v) is 3.57. The molecule has 0 saturated heterocycles. The van der Waals surface area contributed by atoms with Gasteiger partial charge < -0.3 is 4.42 Å². The second-order valence-corrected chi connectivity index (χ2v) is 7.73. The molecule has 2 aromatic carbocycles. The van der Waals surface area contributed by atoms with E-state index < -0.39 is 0 Å². The number of aliphatic imine (C=N–C) groups is 1. The lowest BCUT2D eigenvalue weighted by Crippen LogP contribution is -1.78. The second kappa shape index (κ2) is 7.60. The number of hydrogen-bond donors (Lipinski definition) is 0. The van der Waals surface area contributed by atoms with Crippen LogP contribution >= 0.6 is 39.3 Å². The summed E-state index contributed by atoms with van der Waals surface area (Å²) in [5.74, 6) is 0.691. The standard InChI is InChI=1S/C19H15BrClNOS/c1-12-3-7-16(8-4-12)24-19-17(20)10-15(23-19)11-22-18-9-14(21)6-5-13(18)2/h3-11H,1-2H3. The number of halogens is 2. The largest absolute Gasteiger partial charge is 0.447 e. The summed E-state index contributed by atoms with van der Waals surface area (Å²) in [6, 6.07) is 15.9. The maximum absolute atomic E-state index is 6.02. The summed E-state index contributed by atoms with van der Waals surface area (Å²) in [7, 11) is 0. The summed E-state index contributed by atoms with van der Waals surface area (Å²) >= 11 is 11.1. The molecule has 0 aliphatic rings. The van der Waals surface area contributed by atoms with Crippen molar-refractivity contribution in [1.29, 1.82) is 0 Å². The second-order valence-electron chi connectivity index (χ2n) is 5.39. The zero-order chi connectivity index (χ0) is 17.1. The van der Waals surface area contributed by atoms with E-state index in [9.17, 15) is 0 Å². The summed E-state index contributed by atoms with van der Waals surface area (Å²) in [4.78, 5) is 5.61. The van der Waals surface area contributed by atoms with E-state index in [1.165, 1.54) is 5.56 Å². The van der Waals surface area contributed by atoms with Crippen molar-refractivity contribution in [2.24, 2.45) is 4.99 Å². The molecular formula is C19H15BrClNOS. The molecule has 0 radical (unpaired) electrons. The van der Waals surface area contributed by atoms with E-state index in [2.05, 4.69) is 52.1 Å². The van der Waals surface area contributed by atoms with Crippen LogP contribution in [0.25, 0.3) is 0 Å². The summed E-state index contributed by atoms with van der Waals surface area (Å²) in [5, 5.41) is 1.48. The fraction of sp³-hybridized carbons (Fsp3) is 0.105. The zero-order valence-electron chi connectivity index (χ0n) is 13.2. The van der Waals surface area contributed by atoms with Crippen molar-refractivity contribution < 1.29 is 4.42 Å². The first-order valence-corrected chi connectivity index (χ1v) is 9.34. The molecule has 0 fully saturated rings. The third-order valence-corrected chi connectivity index (χ3v) is 5.49. The number of furan rings is 1. The van der Waals surface area contributed by atoms with E-state index >= 15 is 0 Å². The van der Waals surface area contributed by atoms with Crippen LogP contribution in [0.4, 0.5) is 5.69 Å². The first-order valence-electron chi connectivity index (χ1n) is 7.35. The monoisotopic (exact) mass is 419 g/mol. The molecule has 2 nitrogen and oxygen atoms in total. The predicted molar refractivity (Wildman–Crippen MR) is 105 cm³/mol. The Kier molecular flexibility index (Phi) is 5.49. The molecule has 0 unspecified atom stereocenters. The van der Waals surface area contributed by atoms with Crippen LogP contribution in [0.2, 0.25) is 5.02 Å². The maximum atomic E-state index is 6.02. The number of nitrogens with zero attached hydrogens (tertiary/aromatic N) is 1. The maximum Gasteiger partial charge on any atom is 0.179 e. The summed E-state index contributed by atoms with van der Waals surface area (Å²) < 4.78 is 6.79. The highest BCUT2D eigenvalue weighted by Gasteiger charge is 2.10. The zero-order valence-corrected chi connectivity index (χ0v) is 16.4. The summed E-state index contributed by atoms with van der Waals surface area (Å²) in [6.07, 6.45) is 1.71. The highest BCUT2D eigenvalue weighted by atomic mass is 79.9. The van der Waals surface area contributed by atoms with Crippen LogP contribution in [0.1, 0.15) is 16.9 Å². The quantitative estimate of drug-likeness (QED) is 0.416. The van der Waals surface area contributed by atoms with Crippen LogP contribution in [-0.2, 0) is 0 Å². The van der Waals surface area contributed by atoms with Crippen LogP contribution in [0.5, 0.6) is 0 Å². The minimum absolute atomic E-state index is 0.670. The van der Waals surface area contributed by atoms with Crippen molar-refractivity contribution in [2.75, 3.05) is 0 Å². The van der Waals surface area contributed by atoms with Gasteiger partial charge in [0.15, 0.2) is 5.09 Å². The van der Waals surface area contributed by atoms with Gasteiger partial charge in [-0.05, 0) is 59.6 Å². The van der Waals surface area contributed by atoms with E-state index in [1.807, 2.05) is 31.2 Å². The van der Waals surface area contributed by atoms with Crippen LogP contribution in [0.15, 0.2) is 72.4 Å². The van der Waals surface area contributed by atoms with Gasteiger partial charge in [0.05, 0.1) is 16.4 Å². The van der Waals surface area contributed by atoms with E-state index in [4.69, 9.17) is 16.0 Å². The van der Waals surface area contributed by atoms with Gasteiger partial charge in [0, 0.05) is 16.0 Å². The fourth-order valence-electron chi connectivity index (χ4n) is 2.07. The number of hydrogen-bond acceptors (Lipinski definition) is 3. The van der Waals surface area contributed by atoms with Gasteiger partial charge in [-0.25, -0.2) is 0 Å². The van der Waals surface area contributed by atoms with E-state index in [0.717, 1.165) is 25.7 Å². The van der Waals surface area contributed by atoms with E-state index in [-0.39, 0.29) is 0 Å². The lowest BCUT2D eigenvalue weighted by Gasteiger charge is -2.00. The number of aryl methyl sites for hydroxylation is 2. The molecule has 3 rings (SSSR count). The van der Waals surface area contributed by atoms with Gasteiger partial charge in [0.2, 0.25) is 0 Å². The molecule has 1 aromatic heterocycles. The van der Waals surface area contributed by atoms with Gasteiger partial charge in [0.25, 0.3) is 0 Å². The average Bonchev–Trinajstić information content (AvgIpc) is 2.90. The van der Waals surface area contributed by atoms with Crippen molar-refractivity contribution in [2.45, 2.75) is 23.8 Å². The smallest absolute Gasteiger partial charge is 0.179 e. The molecule has 0 amide bonds. The number of benzene rings is 2. The average molecular weight is 421 g/mol. The van der Waals surface area contributed by atoms with Crippen molar-refractivity contribution >= 4 is 51.2 Å². The highest BCUT2D eigenvalue weighted by Crippen LogP contribution is 2.35. The Morgan fingerprint density at radius 3 is 2.58 bits per heavy atom. The minimum atomic E-state index is 0.670. The van der Waals surface area contributed by atoms with E-state index in [1.54, 1.807) is 18.0 Å². The normalized spacial score (nSPS) is 11.3. The van der Waals surface area contributed by atoms with Gasteiger partial charge in [-0.2, -0.15) is 0 Å². The molecule has 0 aliphatic carbocycles. The van der Waals surface area contributed by atoms with Gasteiger partial charge in [-0.15, -0.1) is 0 Å². The van der Waals surface area contributed by atoms with Gasteiger partial charge in [-0.3, -0.25) is 4.99 Å². The summed E-state index contributed by atoms with van der Waals surface area (Å²) in [5.41, 5.74) is 3.14. The van der Waals surface area contributed by atoms with Crippen molar-refractivity contribution in [1.82, 2.24) is 0 Å². The Bertz CT molecular complexity index is 887. The Labute approximate surface area is 159 Å². The molecule has 0 aliphatic heterocycles. The SMILES string of the molecule is Cc1ccc(Sc2oc(C=Nc3cc(Cl)ccc3C)cc2Br)cc1. The van der Waals surface area contributed by atoms with Crippen molar-refractivity contribution in [3.63, 3.8) is 0 Å². The summed E-state index contributed by atoms with van der Waals surface area (Å²) in [6.45, 7) is 4.07. The third kappa shape index (κ3) is 4.32. The highest BCUT2D eigenvalue weighted by molar-refractivity contribution is 9.10. The molecule has 1 heterocycles. The minimum Gasteiger partial charge on any atom is -0.447 e. The molecule has 0 N–H and O–H groups in total. The molecule has 5 heteroatoms. The van der Waals surface area contributed by atoms with Crippen molar-refractivity contribution in [3.05, 3.63) is 74.9 Å². The molecule has 0 bridgehead atoms. The van der Waals surface area contributed by atoms with Gasteiger partial charge in [0.1, 0.15) is 5.76 Å². The van der Waals surface area contributed by atoms with Crippen molar-refractivity contribution in [3.8, 4) is 0 Å². The predicted octanol–water partition coefficient (Wildman–Crippen LogP) is 7.21. The first kappa shape index (κ1) is 17.3. The van der Waals surface area contributed by atoms with Gasteiger partial charge in [-0.1, -0.05) is 47.1 Å².